The highest BCUT2D eigenvalue weighted by atomic mass is 16.2. The van der Waals surface area contributed by atoms with Crippen LogP contribution in [0.15, 0.2) is 30.3 Å². The minimum absolute atomic E-state index is 0.571. The number of hydrogen-bond donors (Lipinski definition) is 4. The maximum Gasteiger partial charge on any atom is 0.323 e. The molecule has 0 bridgehead atoms. The van der Waals surface area contributed by atoms with Crippen LogP contribution in [0.1, 0.15) is 0 Å². The molecule has 4 N–H and O–H groups in total. The summed E-state index contributed by atoms with van der Waals surface area (Å²) in [5, 5.41) is 9.09. The summed E-state index contributed by atoms with van der Waals surface area (Å²) in [4.78, 5) is 33.4. The first-order chi connectivity index (χ1) is 8.15. The number of carbonyl (C=O) groups is 3. The molecule has 0 aromatic heterocycles. The van der Waals surface area contributed by atoms with E-state index < -0.39 is 24.1 Å². The lowest BCUT2D eigenvalue weighted by atomic mass is 10.3. The van der Waals surface area contributed by atoms with Crippen LogP contribution in [-0.2, 0) is 4.79 Å². The summed E-state index contributed by atoms with van der Waals surface area (Å²) in [6, 6.07) is 7.55. The second-order valence-corrected chi connectivity index (χ2v) is 3.36. The van der Waals surface area contributed by atoms with Crippen molar-refractivity contribution in [3.63, 3.8) is 0 Å². The molecule has 1 fully saturated rings. The second kappa shape index (κ2) is 4.52. The van der Waals surface area contributed by atoms with Gasteiger partial charge in [-0.05, 0) is 12.1 Å². The lowest BCUT2D eigenvalue weighted by molar-refractivity contribution is -0.120. The highest BCUT2D eigenvalue weighted by Gasteiger charge is 2.30. The summed E-state index contributed by atoms with van der Waals surface area (Å²) in [7, 11) is 0. The number of nitrogens with one attached hydrogen (secondary N) is 4. The van der Waals surface area contributed by atoms with Crippen molar-refractivity contribution in [2.75, 3.05) is 5.32 Å². The highest BCUT2D eigenvalue weighted by molar-refractivity contribution is 6.06. The van der Waals surface area contributed by atoms with Crippen molar-refractivity contribution in [2.45, 2.75) is 6.17 Å². The third kappa shape index (κ3) is 2.71. The Bertz CT molecular complexity index is 460. The van der Waals surface area contributed by atoms with Crippen LogP contribution >= 0.6 is 0 Å². The lowest BCUT2D eigenvalue weighted by Crippen LogP contribution is -2.48. The van der Waals surface area contributed by atoms with Gasteiger partial charge in [0, 0.05) is 5.69 Å². The zero-order chi connectivity index (χ0) is 12.3. The zero-order valence-electron chi connectivity index (χ0n) is 8.69. The quantitative estimate of drug-likeness (QED) is 0.541. The molecule has 1 aliphatic rings. The SMILES string of the molecule is O=C1NC(=O)C(NC(=O)Nc2ccccc2)N1. The van der Waals surface area contributed by atoms with Gasteiger partial charge < -0.3 is 16.0 Å². The first-order valence-corrected chi connectivity index (χ1v) is 4.89. The van der Waals surface area contributed by atoms with Crippen molar-refractivity contribution in [2.24, 2.45) is 0 Å². The summed E-state index contributed by atoms with van der Waals surface area (Å²) in [5.41, 5.74) is 0.592. The van der Waals surface area contributed by atoms with Crippen LogP contribution in [-0.4, -0.2) is 24.1 Å². The van der Waals surface area contributed by atoms with Crippen LogP contribution in [0, 0.1) is 0 Å². The molecule has 1 saturated heterocycles. The van der Waals surface area contributed by atoms with Crippen molar-refractivity contribution >= 4 is 23.7 Å². The molecule has 0 spiro atoms. The Kier molecular flexibility index (Phi) is 2.91. The average Bonchev–Trinajstić information content (AvgIpc) is 2.58. The number of amides is 5. The summed E-state index contributed by atoms with van der Waals surface area (Å²) in [5.74, 6) is -0.585. The summed E-state index contributed by atoms with van der Waals surface area (Å²) in [6.07, 6.45) is -1.04. The number of carbonyl (C=O) groups excluding carboxylic acids is 3. The van der Waals surface area contributed by atoms with Gasteiger partial charge in [0.2, 0.25) is 0 Å². The van der Waals surface area contributed by atoms with Crippen molar-refractivity contribution < 1.29 is 14.4 Å². The fourth-order valence-corrected chi connectivity index (χ4v) is 1.34. The molecule has 7 nitrogen and oxygen atoms in total. The Hall–Kier alpha value is -2.57. The Morgan fingerprint density at radius 2 is 1.88 bits per heavy atom. The van der Waals surface area contributed by atoms with Gasteiger partial charge >= 0.3 is 12.1 Å². The fourth-order valence-electron chi connectivity index (χ4n) is 1.34. The predicted octanol–water partition coefficient (Wildman–Crippen LogP) is -0.0264. The Labute approximate surface area is 96.6 Å². The molecule has 5 amide bonds. The van der Waals surface area contributed by atoms with E-state index >= 15 is 0 Å². The zero-order valence-corrected chi connectivity index (χ0v) is 8.69. The molecule has 17 heavy (non-hydrogen) atoms. The maximum atomic E-state index is 11.5. The van der Waals surface area contributed by atoms with Crippen LogP contribution in [0.2, 0.25) is 0 Å². The molecule has 2 rings (SSSR count). The third-order valence-electron chi connectivity index (χ3n) is 2.08. The van der Waals surface area contributed by atoms with Gasteiger partial charge in [0.25, 0.3) is 5.91 Å². The number of para-hydroxylation sites is 1. The smallest absolute Gasteiger partial charge is 0.309 e. The molecule has 0 aliphatic carbocycles. The van der Waals surface area contributed by atoms with Gasteiger partial charge in [-0.1, -0.05) is 18.2 Å². The van der Waals surface area contributed by atoms with E-state index in [4.69, 9.17) is 0 Å². The van der Waals surface area contributed by atoms with E-state index in [0.29, 0.717) is 5.69 Å². The van der Waals surface area contributed by atoms with E-state index in [9.17, 15) is 14.4 Å². The Morgan fingerprint density at radius 3 is 2.47 bits per heavy atom. The van der Waals surface area contributed by atoms with Gasteiger partial charge in [0.15, 0.2) is 6.17 Å². The Balaban J connectivity index is 1.90. The molecule has 88 valence electrons. The third-order valence-corrected chi connectivity index (χ3v) is 2.08. The van der Waals surface area contributed by atoms with Crippen molar-refractivity contribution in [3.8, 4) is 0 Å². The number of urea groups is 2. The van der Waals surface area contributed by atoms with E-state index in [1.165, 1.54) is 0 Å². The molecule has 0 saturated carbocycles. The molecule has 0 radical (unpaired) electrons. The molecule has 7 heteroatoms. The van der Waals surface area contributed by atoms with Gasteiger partial charge in [-0.3, -0.25) is 10.1 Å². The van der Waals surface area contributed by atoms with E-state index in [1.807, 2.05) is 11.4 Å². The van der Waals surface area contributed by atoms with E-state index in [0.717, 1.165) is 0 Å². The normalized spacial score (nSPS) is 18.2. The number of hydrogen-bond acceptors (Lipinski definition) is 3. The number of benzene rings is 1. The predicted molar refractivity (Wildman–Crippen MR) is 59.1 cm³/mol. The monoisotopic (exact) mass is 234 g/mol. The molecule has 1 aliphatic heterocycles. The number of rotatable bonds is 2. The molecule has 1 unspecified atom stereocenters. The first-order valence-electron chi connectivity index (χ1n) is 4.89. The van der Waals surface area contributed by atoms with Crippen LogP contribution in [0.5, 0.6) is 0 Å². The minimum atomic E-state index is -1.04. The Morgan fingerprint density at radius 1 is 1.18 bits per heavy atom. The standard InChI is InChI=1S/C10H10N4O3/c15-8-7(13-10(17)14-8)12-9(16)11-6-4-2-1-3-5-6/h1-5,7H,(H2,11,12,16)(H2,13,14,15,17). The molecular formula is C10H10N4O3. The van der Waals surface area contributed by atoms with Crippen LogP contribution in [0.3, 0.4) is 0 Å². The molecular weight excluding hydrogens is 224 g/mol. The van der Waals surface area contributed by atoms with Crippen molar-refractivity contribution in [1.82, 2.24) is 16.0 Å². The van der Waals surface area contributed by atoms with Gasteiger partial charge in [-0.25, -0.2) is 9.59 Å². The van der Waals surface area contributed by atoms with Crippen molar-refractivity contribution in [1.29, 1.82) is 0 Å². The van der Waals surface area contributed by atoms with Gasteiger partial charge in [-0.2, -0.15) is 0 Å². The topological polar surface area (TPSA) is 99.3 Å². The van der Waals surface area contributed by atoms with E-state index in [1.54, 1.807) is 24.3 Å². The van der Waals surface area contributed by atoms with Gasteiger partial charge in [0.1, 0.15) is 0 Å². The minimum Gasteiger partial charge on any atom is -0.309 e. The summed E-state index contributed by atoms with van der Waals surface area (Å²) in [6.45, 7) is 0. The average molecular weight is 234 g/mol. The van der Waals surface area contributed by atoms with Gasteiger partial charge in [-0.15, -0.1) is 0 Å². The summed E-state index contributed by atoms with van der Waals surface area (Å²) < 4.78 is 0. The highest BCUT2D eigenvalue weighted by Crippen LogP contribution is 2.04. The van der Waals surface area contributed by atoms with Crippen LogP contribution in [0.4, 0.5) is 15.3 Å². The largest absolute Gasteiger partial charge is 0.323 e. The van der Waals surface area contributed by atoms with Gasteiger partial charge in [0.05, 0.1) is 0 Å². The molecule has 1 aromatic rings. The fraction of sp³-hybridized carbons (Fsp3) is 0.100. The van der Waals surface area contributed by atoms with E-state index in [-0.39, 0.29) is 0 Å². The summed E-state index contributed by atoms with van der Waals surface area (Å²) >= 11 is 0. The molecule has 1 atom stereocenters. The lowest BCUT2D eigenvalue weighted by Gasteiger charge is -2.10. The number of anilines is 1. The maximum absolute atomic E-state index is 11.5. The van der Waals surface area contributed by atoms with Crippen LogP contribution < -0.4 is 21.3 Å². The number of imide groups is 1. The molecule has 1 heterocycles. The van der Waals surface area contributed by atoms with Crippen molar-refractivity contribution in [3.05, 3.63) is 30.3 Å². The second-order valence-electron chi connectivity index (χ2n) is 3.36. The van der Waals surface area contributed by atoms with E-state index in [2.05, 4.69) is 16.0 Å². The first kappa shape index (κ1) is 10.9. The molecule has 1 aromatic carbocycles. The van der Waals surface area contributed by atoms with Crippen LogP contribution in [0.25, 0.3) is 0 Å².